The minimum absolute atomic E-state index is 0.322. The van der Waals surface area contributed by atoms with Gasteiger partial charge in [0.05, 0.1) is 10.0 Å². The zero-order valence-corrected chi connectivity index (χ0v) is 7.94. The van der Waals surface area contributed by atoms with Gasteiger partial charge in [0.15, 0.2) is 0 Å². The second-order valence-electron chi connectivity index (χ2n) is 3.18. The van der Waals surface area contributed by atoms with E-state index in [1.165, 1.54) is 5.56 Å². The predicted octanol–water partition coefficient (Wildman–Crippen LogP) is 2.81. The van der Waals surface area contributed by atoms with Crippen molar-refractivity contribution in [1.82, 2.24) is 0 Å². The fourth-order valence-corrected chi connectivity index (χ4v) is 1.65. The third kappa shape index (κ3) is 1.45. The van der Waals surface area contributed by atoms with Gasteiger partial charge in [-0.2, -0.15) is 0 Å². The van der Waals surface area contributed by atoms with Crippen LogP contribution in [-0.2, 0) is 0 Å². The number of halogens is 2. The Morgan fingerprint density at radius 3 is 2.42 bits per heavy atom. The lowest BCUT2D eigenvalue weighted by Gasteiger charge is -2.00. The van der Waals surface area contributed by atoms with Gasteiger partial charge in [0, 0.05) is 12.0 Å². The Morgan fingerprint density at radius 1 is 1.25 bits per heavy atom. The summed E-state index contributed by atoms with van der Waals surface area (Å²) in [5.74, 6) is 0.500. The van der Waals surface area contributed by atoms with Gasteiger partial charge in [-0.3, -0.25) is 0 Å². The van der Waals surface area contributed by atoms with Crippen LogP contribution >= 0.6 is 23.2 Å². The predicted molar refractivity (Wildman–Crippen MR) is 51.8 cm³/mol. The summed E-state index contributed by atoms with van der Waals surface area (Å²) in [5, 5.41) is 1.22. The molecule has 1 fully saturated rings. The van der Waals surface area contributed by atoms with E-state index in [0.29, 0.717) is 22.0 Å². The van der Waals surface area contributed by atoms with Crippen LogP contribution in [-0.4, -0.2) is 6.04 Å². The van der Waals surface area contributed by atoms with Crippen molar-refractivity contribution in [2.45, 2.75) is 18.4 Å². The van der Waals surface area contributed by atoms with Crippen molar-refractivity contribution >= 4 is 23.2 Å². The maximum absolute atomic E-state index is 5.86. The topological polar surface area (TPSA) is 26.0 Å². The summed E-state index contributed by atoms with van der Waals surface area (Å²) >= 11 is 11.6. The fourth-order valence-electron chi connectivity index (χ4n) is 1.34. The average Bonchev–Trinajstić information content (AvgIpc) is 2.73. The Hall–Kier alpha value is -0.240. The van der Waals surface area contributed by atoms with E-state index in [9.17, 15) is 0 Å². The van der Waals surface area contributed by atoms with E-state index in [0.717, 1.165) is 6.42 Å². The van der Waals surface area contributed by atoms with E-state index in [1.807, 2.05) is 18.2 Å². The molecular weight excluding hydrogens is 193 g/mol. The molecule has 1 aromatic rings. The third-order valence-electron chi connectivity index (χ3n) is 2.21. The van der Waals surface area contributed by atoms with Crippen LogP contribution < -0.4 is 5.73 Å². The van der Waals surface area contributed by atoms with Crippen LogP contribution in [0.2, 0.25) is 10.0 Å². The van der Waals surface area contributed by atoms with E-state index < -0.39 is 0 Å². The molecule has 1 aliphatic carbocycles. The normalized spacial score (nSPS) is 27.2. The highest BCUT2D eigenvalue weighted by Gasteiger charge is 2.34. The second kappa shape index (κ2) is 2.91. The summed E-state index contributed by atoms with van der Waals surface area (Å²) in [6, 6.07) is 6.04. The number of hydrogen-bond donors (Lipinski definition) is 1. The van der Waals surface area contributed by atoms with Crippen LogP contribution in [0.25, 0.3) is 0 Å². The van der Waals surface area contributed by atoms with Gasteiger partial charge >= 0.3 is 0 Å². The zero-order valence-electron chi connectivity index (χ0n) is 6.43. The molecule has 0 saturated heterocycles. The summed E-state index contributed by atoms with van der Waals surface area (Å²) in [6.07, 6.45) is 1.07. The van der Waals surface area contributed by atoms with Crippen LogP contribution in [0.3, 0.4) is 0 Å². The molecule has 2 rings (SSSR count). The first-order valence-corrected chi connectivity index (χ1v) is 4.64. The standard InChI is InChI=1S/C9H9Cl2N/c10-7-2-1-5(3-8(7)11)6-4-9(6)12/h1-3,6,9H,4,12H2/t6?,9-/m1/s1. The highest BCUT2D eigenvalue weighted by molar-refractivity contribution is 6.42. The van der Waals surface area contributed by atoms with Crippen molar-refractivity contribution in [3.8, 4) is 0 Å². The molecule has 0 heterocycles. The molecule has 3 heteroatoms. The van der Waals surface area contributed by atoms with E-state index in [1.54, 1.807) is 0 Å². The van der Waals surface area contributed by atoms with Crippen LogP contribution in [0, 0.1) is 0 Å². The second-order valence-corrected chi connectivity index (χ2v) is 3.99. The molecule has 12 heavy (non-hydrogen) atoms. The highest BCUT2D eigenvalue weighted by Crippen LogP contribution is 2.40. The smallest absolute Gasteiger partial charge is 0.0595 e. The molecule has 0 bridgehead atoms. The summed E-state index contributed by atoms with van der Waals surface area (Å²) < 4.78 is 0. The molecule has 0 spiro atoms. The summed E-state index contributed by atoms with van der Waals surface area (Å²) in [5.41, 5.74) is 6.92. The Morgan fingerprint density at radius 2 is 1.92 bits per heavy atom. The zero-order chi connectivity index (χ0) is 8.72. The molecule has 1 unspecified atom stereocenters. The molecule has 64 valence electrons. The molecule has 1 aliphatic rings. The van der Waals surface area contributed by atoms with E-state index >= 15 is 0 Å². The SMILES string of the molecule is N[C@@H]1CC1c1ccc(Cl)c(Cl)c1. The van der Waals surface area contributed by atoms with Crippen LogP contribution in [0.5, 0.6) is 0 Å². The van der Waals surface area contributed by atoms with Gasteiger partial charge in [-0.1, -0.05) is 29.3 Å². The molecule has 0 aromatic heterocycles. The Kier molecular flexibility index (Phi) is 2.03. The molecule has 0 aliphatic heterocycles. The van der Waals surface area contributed by atoms with E-state index in [-0.39, 0.29) is 0 Å². The van der Waals surface area contributed by atoms with Gasteiger partial charge in [-0.15, -0.1) is 0 Å². The summed E-state index contributed by atoms with van der Waals surface area (Å²) in [4.78, 5) is 0. The Bertz CT molecular complexity index is 311. The van der Waals surface area contributed by atoms with Crippen molar-refractivity contribution in [3.05, 3.63) is 33.8 Å². The monoisotopic (exact) mass is 201 g/mol. The molecule has 0 radical (unpaired) electrons. The van der Waals surface area contributed by atoms with Crippen molar-refractivity contribution in [1.29, 1.82) is 0 Å². The number of nitrogens with two attached hydrogens (primary N) is 1. The van der Waals surface area contributed by atoms with Gasteiger partial charge < -0.3 is 5.73 Å². The molecule has 1 saturated carbocycles. The summed E-state index contributed by atoms with van der Waals surface area (Å²) in [7, 11) is 0. The maximum atomic E-state index is 5.86. The van der Waals surface area contributed by atoms with Crippen molar-refractivity contribution < 1.29 is 0 Å². The number of rotatable bonds is 1. The number of hydrogen-bond acceptors (Lipinski definition) is 1. The minimum atomic E-state index is 0.322. The molecule has 1 nitrogen and oxygen atoms in total. The lowest BCUT2D eigenvalue weighted by atomic mass is 10.1. The molecular formula is C9H9Cl2N. The molecule has 2 N–H and O–H groups in total. The lowest BCUT2D eigenvalue weighted by Crippen LogP contribution is -2.00. The van der Waals surface area contributed by atoms with Gasteiger partial charge in [-0.25, -0.2) is 0 Å². The third-order valence-corrected chi connectivity index (χ3v) is 2.95. The minimum Gasteiger partial charge on any atom is -0.327 e. The fraction of sp³-hybridized carbons (Fsp3) is 0.333. The van der Waals surface area contributed by atoms with Crippen LogP contribution in [0.1, 0.15) is 17.9 Å². The first-order chi connectivity index (χ1) is 5.68. The quantitative estimate of drug-likeness (QED) is 0.744. The number of benzene rings is 1. The Labute approximate surface area is 81.5 Å². The molecule has 0 amide bonds. The van der Waals surface area contributed by atoms with Gasteiger partial charge in [0.25, 0.3) is 0 Å². The van der Waals surface area contributed by atoms with Gasteiger partial charge in [0.2, 0.25) is 0 Å². The highest BCUT2D eigenvalue weighted by atomic mass is 35.5. The van der Waals surface area contributed by atoms with Crippen molar-refractivity contribution in [2.75, 3.05) is 0 Å². The van der Waals surface area contributed by atoms with Gasteiger partial charge in [0.1, 0.15) is 0 Å². The molecule has 2 atom stereocenters. The maximum Gasteiger partial charge on any atom is 0.0595 e. The lowest BCUT2D eigenvalue weighted by molar-refractivity contribution is 0.991. The van der Waals surface area contributed by atoms with Crippen molar-refractivity contribution in [2.24, 2.45) is 5.73 Å². The first-order valence-electron chi connectivity index (χ1n) is 3.89. The van der Waals surface area contributed by atoms with E-state index in [4.69, 9.17) is 28.9 Å². The largest absolute Gasteiger partial charge is 0.327 e. The Balaban J connectivity index is 2.29. The van der Waals surface area contributed by atoms with Crippen LogP contribution in [0.4, 0.5) is 0 Å². The average molecular weight is 202 g/mol. The van der Waals surface area contributed by atoms with Crippen molar-refractivity contribution in [3.63, 3.8) is 0 Å². The summed E-state index contributed by atoms with van der Waals surface area (Å²) in [6.45, 7) is 0. The molecule has 1 aromatic carbocycles. The van der Waals surface area contributed by atoms with Gasteiger partial charge in [-0.05, 0) is 24.1 Å². The van der Waals surface area contributed by atoms with Crippen LogP contribution in [0.15, 0.2) is 18.2 Å². The first kappa shape index (κ1) is 8.36. The van der Waals surface area contributed by atoms with E-state index in [2.05, 4.69) is 0 Å².